The van der Waals surface area contributed by atoms with E-state index < -0.39 is 0 Å². The number of likely N-dealkylation sites (N-methyl/N-ethyl adjacent to an activating group) is 1. The first-order chi connectivity index (χ1) is 9.56. The predicted octanol–water partition coefficient (Wildman–Crippen LogP) is 2.26. The Morgan fingerprint density at radius 2 is 2.35 bits per heavy atom. The topological polar surface area (TPSA) is 71.1 Å². The number of halogens is 2. The molecule has 6 nitrogen and oxygen atoms in total. The van der Waals surface area contributed by atoms with E-state index in [9.17, 15) is 4.79 Å². The molecule has 0 fully saturated rings. The number of aromatic nitrogens is 3. The van der Waals surface area contributed by atoms with Crippen molar-refractivity contribution in [1.82, 2.24) is 20.1 Å². The van der Waals surface area contributed by atoms with Crippen molar-refractivity contribution in [3.8, 4) is 5.75 Å². The Bertz CT molecular complexity index is 591. The van der Waals surface area contributed by atoms with Crippen LogP contribution in [0.1, 0.15) is 5.82 Å². The lowest BCUT2D eigenvalue weighted by Gasteiger charge is -2.16. The van der Waals surface area contributed by atoms with Gasteiger partial charge in [0, 0.05) is 12.1 Å². The molecule has 0 saturated carbocycles. The minimum Gasteiger partial charge on any atom is -0.483 e. The van der Waals surface area contributed by atoms with Crippen molar-refractivity contribution in [3.63, 3.8) is 0 Å². The molecule has 0 spiro atoms. The van der Waals surface area contributed by atoms with Crippen molar-refractivity contribution in [1.29, 1.82) is 0 Å². The first-order valence-corrected chi connectivity index (χ1v) is 6.89. The van der Waals surface area contributed by atoms with E-state index in [1.165, 1.54) is 11.2 Å². The fourth-order valence-corrected chi connectivity index (χ4v) is 2.26. The molecule has 1 aromatic heterocycles. The average Bonchev–Trinajstić information content (AvgIpc) is 2.90. The fourth-order valence-electron chi connectivity index (χ4n) is 1.46. The standard InChI is InChI=1S/C12H12BrClN4O2/c1-18(5-11-15-7-16-17-11)12(19)6-20-10-3-2-8(14)4-9(10)13/h2-4,7H,5-6H2,1H3,(H,15,16,17). The molecule has 0 aliphatic rings. The molecule has 1 N–H and O–H groups in total. The number of hydrogen-bond donors (Lipinski definition) is 1. The van der Waals surface area contributed by atoms with Gasteiger partial charge in [0.05, 0.1) is 11.0 Å². The van der Waals surface area contributed by atoms with Crippen LogP contribution in [0.4, 0.5) is 0 Å². The SMILES string of the molecule is CN(Cc1ncn[nH]1)C(=O)COc1ccc(Cl)cc1Br. The summed E-state index contributed by atoms with van der Waals surface area (Å²) < 4.78 is 6.16. The summed E-state index contributed by atoms with van der Waals surface area (Å²) in [7, 11) is 1.67. The molecule has 106 valence electrons. The summed E-state index contributed by atoms with van der Waals surface area (Å²) >= 11 is 9.16. The average molecular weight is 360 g/mol. The van der Waals surface area contributed by atoms with E-state index in [1.807, 2.05) is 0 Å². The Hall–Kier alpha value is -1.60. The van der Waals surface area contributed by atoms with E-state index in [0.717, 1.165) is 0 Å². The number of carbonyl (C=O) groups excluding carboxylic acids is 1. The van der Waals surface area contributed by atoms with E-state index in [1.54, 1.807) is 25.2 Å². The van der Waals surface area contributed by atoms with Gasteiger partial charge in [-0.15, -0.1) is 0 Å². The fraction of sp³-hybridized carbons (Fsp3) is 0.250. The normalized spacial score (nSPS) is 10.3. The zero-order valence-corrected chi connectivity index (χ0v) is 13.0. The second-order valence-electron chi connectivity index (χ2n) is 4.05. The lowest BCUT2D eigenvalue weighted by Crippen LogP contribution is -2.31. The Balaban J connectivity index is 1.88. The smallest absolute Gasteiger partial charge is 0.260 e. The summed E-state index contributed by atoms with van der Waals surface area (Å²) in [6.45, 7) is 0.287. The van der Waals surface area contributed by atoms with Crippen LogP contribution in [-0.4, -0.2) is 39.6 Å². The molecule has 0 unspecified atom stereocenters. The van der Waals surface area contributed by atoms with Gasteiger partial charge in [-0.25, -0.2) is 4.98 Å². The molecule has 0 saturated heterocycles. The maximum absolute atomic E-state index is 11.9. The van der Waals surface area contributed by atoms with E-state index >= 15 is 0 Å². The molecule has 2 aromatic rings. The summed E-state index contributed by atoms with van der Waals surface area (Å²) in [4.78, 5) is 17.4. The summed E-state index contributed by atoms with van der Waals surface area (Å²) in [6.07, 6.45) is 1.40. The Kier molecular flexibility index (Phi) is 4.97. The lowest BCUT2D eigenvalue weighted by atomic mass is 10.3. The number of ether oxygens (including phenoxy) is 1. The molecule has 1 heterocycles. The maximum Gasteiger partial charge on any atom is 0.260 e. The van der Waals surface area contributed by atoms with Gasteiger partial charge in [-0.3, -0.25) is 9.89 Å². The van der Waals surface area contributed by atoms with Gasteiger partial charge < -0.3 is 9.64 Å². The number of rotatable bonds is 5. The van der Waals surface area contributed by atoms with Gasteiger partial charge in [0.1, 0.15) is 17.9 Å². The number of amides is 1. The summed E-state index contributed by atoms with van der Waals surface area (Å²) in [5, 5.41) is 7.01. The maximum atomic E-state index is 11.9. The number of carbonyl (C=O) groups is 1. The van der Waals surface area contributed by atoms with Crippen LogP contribution in [0.2, 0.25) is 5.02 Å². The molecule has 1 amide bonds. The summed E-state index contributed by atoms with van der Waals surface area (Å²) in [5.74, 6) is 1.02. The van der Waals surface area contributed by atoms with Gasteiger partial charge >= 0.3 is 0 Å². The molecule has 0 radical (unpaired) electrons. The third kappa shape index (κ3) is 3.94. The zero-order chi connectivity index (χ0) is 14.5. The molecule has 1 aromatic carbocycles. The summed E-state index contributed by atoms with van der Waals surface area (Å²) in [5.41, 5.74) is 0. The van der Waals surface area contributed by atoms with Crippen molar-refractivity contribution in [2.75, 3.05) is 13.7 Å². The van der Waals surface area contributed by atoms with Crippen molar-refractivity contribution in [3.05, 3.63) is 39.8 Å². The van der Waals surface area contributed by atoms with Crippen LogP contribution in [0.25, 0.3) is 0 Å². The monoisotopic (exact) mass is 358 g/mol. The Morgan fingerprint density at radius 3 is 3.00 bits per heavy atom. The highest BCUT2D eigenvalue weighted by atomic mass is 79.9. The van der Waals surface area contributed by atoms with E-state index in [0.29, 0.717) is 27.6 Å². The highest BCUT2D eigenvalue weighted by Gasteiger charge is 2.12. The minimum absolute atomic E-state index is 0.0646. The third-order valence-electron chi connectivity index (χ3n) is 2.52. The van der Waals surface area contributed by atoms with Crippen molar-refractivity contribution in [2.45, 2.75) is 6.54 Å². The van der Waals surface area contributed by atoms with Gasteiger partial charge in [-0.05, 0) is 34.1 Å². The number of nitrogens with zero attached hydrogens (tertiary/aromatic N) is 3. The van der Waals surface area contributed by atoms with Gasteiger partial charge in [-0.2, -0.15) is 5.10 Å². The summed E-state index contributed by atoms with van der Waals surface area (Å²) in [6, 6.07) is 5.11. The second kappa shape index (κ2) is 6.71. The van der Waals surface area contributed by atoms with Gasteiger partial charge in [-0.1, -0.05) is 11.6 Å². The number of nitrogens with one attached hydrogen (secondary N) is 1. The quantitative estimate of drug-likeness (QED) is 0.889. The van der Waals surface area contributed by atoms with E-state index in [2.05, 4.69) is 31.1 Å². The third-order valence-corrected chi connectivity index (χ3v) is 3.38. The molecule has 0 aliphatic carbocycles. The first kappa shape index (κ1) is 14.8. The molecule has 0 aliphatic heterocycles. The van der Waals surface area contributed by atoms with Crippen molar-refractivity contribution >= 4 is 33.4 Å². The number of benzene rings is 1. The molecule has 0 atom stereocenters. The molecule has 8 heteroatoms. The number of aromatic amines is 1. The first-order valence-electron chi connectivity index (χ1n) is 5.72. The largest absolute Gasteiger partial charge is 0.483 e. The van der Waals surface area contributed by atoms with Gasteiger partial charge in [0.2, 0.25) is 0 Å². The minimum atomic E-state index is -0.164. The molecule has 20 heavy (non-hydrogen) atoms. The number of H-pyrrole nitrogens is 1. The van der Waals surface area contributed by atoms with Gasteiger partial charge in [0.15, 0.2) is 6.61 Å². The lowest BCUT2D eigenvalue weighted by molar-refractivity contribution is -0.132. The van der Waals surface area contributed by atoms with Crippen LogP contribution in [0.15, 0.2) is 29.0 Å². The number of hydrogen-bond acceptors (Lipinski definition) is 4. The molecule has 0 bridgehead atoms. The highest BCUT2D eigenvalue weighted by molar-refractivity contribution is 9.10. The van der Waals surface area contributed by atoms with Crippen LogP contribution in [0.3, 0.4) is 0 Å². The van der Waals surface area contributed by atoms with Gasteiger partial charge in [0.25, 0.3) is 5.91 Å². The van der Waals surface area contributed by atoms with Crippen molar-refractivity contribution < 1.29 is 9.53 Å². The van der Waals surface area contributed by atoms with Crippen LogP contribution in [0.5, 0.6) is 5.75 Å². The Labute approximate surface area is 129 Å². The predicted molar refractivity (Wildman–Crippen MR) is 77.5 cm³/mol. The molecular weight excluding hydrogens is 348 g/mol. The Morgan fingerprint density at radius 1 is 1.55 bits per heavy atom. The van der Waals surface area contributed by atoms with E-state index in [-0.39, 0.29) is 12.5 Å². The van der Waals surface area contributed by atoms with Crippen LogP contribution in [0, 0.1) is 0 Å². The highest BCUT2D eigenvalue weighted by Crippen LogP contribution is 2.27. The zero-order valence-electron chi connectivity index (χ0n) is 10.6. The van der Waals surface area contributed by atoms with Crippen LogP contribution in [-0.2, 0) is 11.3 Å². The molecule has 2 rings (SSSR count). The van der Waals surface area contributed by atoms with Crippen molar-refractivity contribution in [2.24, 2.45) is 0 Å². The van der Waals surface area contributed by atoms with E-state index in [4.69, 9.17) is 16.3 Å². The van der Waals surface area contributed by atoms with Crippen LogP contribution >= 0.6 is 27.5 Å². The van der Waals surface area contributed by atoms with Crippen LogP contribution < -0.4 is 4.74 Å². The second-order valence-corrected chi connectivity index (χ2v) is 5.34. The molecular formula is C12H12BrClN4O2.